The number of hydrogen-bond donors (Lipinski definition) is 1. The molecule has 16 heavy (non-hydrogen) atoms. The van der Waals surface area contributed by atoms with Crippen molar-refractivity contribution in [2.45, 2.75) is 19.1 Å². The Labute approximate surface area is 102 Å². The lowest BCUT2D eigenvalue weighted by molar-refractivity contribution is 0.0758. The van der Waals surface area contributed by atoms with Gasteiger partial charge in [0.1, 0.15) is 0 Å². The van der Waals surface area contributed by atoms with Crippen LogP contribution in [-0.4, -0.2) is 41.1 Å². The van der Waals surface area contributed by atoms with Crippen LogP contribution in [0.2, 0.25) is 0 Å². The second-order valence-corrected chi connectivity index (χ2v) is 5.63. The molecular formula is C13H19NOS. The third kappa shape index (κ3) is 2.59. The van der Waals surface area contributed by atoms with Gasteiger partial charge in [0, 0.05) is 24.1 Å². The summed E-state index contributed by atoms with van der Waals surface area (Å²) in [5.41, 5.74) is 2.25. The van der Waals surface area contributed by atoms with Crippen molar-refractivity contribution in [3.8, 4) is 0 Å². The molecule has 1 heterocycles. The number of aryl methyl sites for hydroxylation is 1. The predicted octanol–water partition coefficient (Wildman–Crippen LogP) is 2.08. The van der Waals surface area contributed by atoms with E-state index in [1.807, 2.05) is 23.9 Å². The Kier molecular flexibility index (Phi) is 3.90. The van der Waals surface area contributed by atoms with Gasteiger partial charge in [0.05, 0.1) is 6.10 Å². The van der Waals surface area contributed by atoms with Crippen LogP contribution in [0.25, 0.3) is 0 Å². The first-order valence-corrected chi connectivity index (χ1v) is 6.86. The van der Waals surface area contributed by atoms with Gasteiger partial charge < -0.3 is 5.11 Å². The van der Waals surface area contributed by atoms with Crippen molar-refractivity contribution >= 4 is 11.8 Å². The first kappa shape index (κ1) is 12.0. The maximum absolute atomic E-state index is 10.4. The molecule has 0 amide bonds. The van der Waals surface area contributed by atoms with Crippen LogP contribution >= 0.6 is 11.8 Å². The summed E-state index contributed by atoms with van der Waals surface area (Å²) in [6.45, 7) is 3.13. The van der Waals surface area contributed by atoms with Crippen LogP contribution in [0.1, 0.15) is 17.2 Å². The zero-order valence-corrected chi connectivity index (χ0v) is 10.7. The molecule has 1 N–H and O–H groups in total. The summed E-state index contributed by atoms with van der Waals surface area (Å²) < 4.78 is 0. The predicted molar refractivity (Wildman–Crippen MR) is 69.9 cm³/mol. The van der Waals surface area contributed by atoms with Crippen LogP contribution in [0.3, 0.4) is 0 Å². The van der Waals surface area contributed by atoms with Crippen molar-refractivity contribution in [2.75, 3.05) is 25.1 Å². The molecule has 2 unspecified atom stereocenters. The number of aliphatic hydroxyl groups is 1. The highest BCUT2D eigenvalue weighted by Crippen LogP contribution is 2.26. The van der Waals surface area contributed by atoms with Gasteiger partial charge in [0.2, 0.25) is 0 Å². The van der Waals surface area contributed by atoms with Gasteiger partial charge in [-0.05, 0) is 19.5 Å². The van der Waals surface area contributed by atoms with Crippen LogP contribution in [0.5, 0.6) is 0 Å². The van der Waals surface area contributed by atoms with Gasteiger partial charge in [-0.25, -0.2) is 0 Å². The minimum absolute atomic E-state index is 0.251. The quantitative estimate of drug-likeness (QED) is 0.852. The first-order chi connectivity index (χ1) is 7.68. The number of hydrogen-bond acceptors (Lipinski definition) is 3. The Balaban J connectivity index is 2.14. The molecule has 1 aliphatic rings. The molecule has 2 nitrogen and oxygen atoms in total. The first-order valence-electron chi connectivity index (χ1n) is 5.71. The largest absolute Gasteiger partial charge is 0.387 e. The highest BCUT2D eigenvalue weighted by Gasteiger charge is 2.27. The van der Waals surface area contributed by atoms with E-state index in [-0.39, 0.29) is 12.1 Å². The number of benzene rings is 1. The molecule has 0 spiro atoms. The van der Waals surface area contributed by atoms with E-state index in [1.165, 1.54) is 11.3 Å². The lowest BCUT2D eigenvalue weighted by Crippen LogP contribution is -2.43. The van der Waals surface area contributed by atoms with E-state index in [0.29, 0.717) is 0 Å². The van der Waals surface area contributed by atoms with Gasteiger partial charge in [-0.1, -0.05) is 29.8 Å². The van der Waals surface area contributed by atoms with Crippen molar-refractivity contribution in [3.63, 3.8) is 0 Å². The fraction of sp³-hybridized carbons (Fsp3) is 0.538. The summed E-state index contributed by atoms with van der Waals surface area (Å²) in [5.74, 6) is 2.19. The minimum atomic E-state index is -0.363. The molecule has 0 aliphatic carbocycles. The molecule has 2 atom stereocenters. The van der Waals surface area contributed by atoms with Crippen LogP contribution in [-0.2, 0) is 0 Å². The van der Waals surface area contributed by atoms with Crippen LogP contribution in [0.15, 0.2) is 24.3 Å². The molecule has 88 valence electrons. The van der Waals surface area contributed by atoms with Crippen molar-refractivity contribution in [1.82, 2.24) is 4.90 Å². The average molecular weight is 237 g/mol. The number of aliphatic hydroxyl groups excluding tert-OH is 1. The van der Waals surface area contributed by atoms with Crippen molar-refractivity contribution < 1.29 is 5.11 Å². The molecule has 0 saturated carbocycles. The molecule has 1 aliphatic heterocycles. The van der Waals surface area contributed by atoms with Gasteiger partial charge in [-0.15, -0.1) is 0 Å². The number of likely N-dealkylation sites (N-methyl/N-ethyl adjacent to an activating group) is 1. The number of nitrogens with zero attached hydrogens (tertiary/aromatic N) is 1. The zero-order valence-electron chi connectivity index (χ0n) is 9.89. The van der Waals surface area contributed by atoms with E-state index in [0.717, 1.165) is 17.9 Å². The van der Waals surface area contributed by atoms with Crippen LogP contribution in [0, 0.1) is 6.92 Å². The molecule has 0 radical (unpaired) electrons. The van der Waals surface area contributed by atoms with Crippen molar-refractivity contribution in [1.29, 1.82) is 0 Å². The molecule has 1 aromatic rings. The number of thioether (sulfide) groups is 1. The fourth-order valence-electron chi connectivity index (χ4n) is 2.11. The molecule has 1 aromatic carbocycles. The molecular weight excluding hydrogens is 218 g/mol. The summed E-state index contributed by atoms with van der Waals surface area (Å²) in [4.78, 5) is 2.27. The fourth-order valence-corrected chi connectivity index (χ4v) is 3.38. The van der Waals surface area contributed by atoms with Gasteiger partial charge in [0.15, 0.2) is 0 Å². The van der Waals surface area contributed by atoms with E-state index in [4.69, 9.17) is 0 Å². The number of rotatable bonds is 2. The normalized spacial score (nSPS) is 24.3. The summed E-state index contributed by atoms with van der Waals surface area (Å²) in [6.07, 6.45) is -0.363. The van der Waals surface area contributed by atoms with Gasteiger partial charge in [0.25, 0.3) is 0 Å². The Hall–Kier alpha value is -0.510. The van der Waals surface area contributed by atoms with Crippen molar-refractivity contribution in [3.05, 3.63) is 35.4 Å². The maximum Gasteiger partial charge on any atom is 0.0953 e. The highest BCUT2D eigenvalue weighted by atomic mass is 32.2. The Bertz CT molecular complexity index is 356. The molecule has 3 heteroatoms. The average Bonchev–Trinajstić information content (AvgIpc) is 2.29. The van der Waals surface area contributed by atoms with E-state index in [9.17, 15) is 5.11 Å². The monoisotopic (exact) mass is 237 g/mol. The summed E-state index contributed by atoms with van der Waals surface area (Å²) in [7, 11) is 2.10. The summed E-state index contributed by atoms with van der Waals surface area (Å²) in [6, 6.07) is 8.43. The zero-order chi connectivity index (χ0) is 11.5. The van der Waals surface area contributed by atoms with Gasteiger partial charge in [-0.2, -0.15) is 11.8 Å². The highest BCUT2D eigenvalue weighted by molar-refractivity contribution is 7.99. The maximum atomic E-state index is 10.4. The van der Waals surface area contributed by atoms with E-state index < -0.39 is 0 Å². The van der Waals surface area contributed by atoms with Gasteiger partial charge in [-0.3, -0.25) is 4.90 Å². The Morgan fingerprint density at radius 3 is 3.00 bits per heavy atom. The molecule has 0 aromatic heterocycles. The molecule has 1 fully saturated rings. The van der Waals surface area contributed by atoms with E-state index in [2.05, 4.69) is 31.0 Å². The van der Waals surface area contributed by atoms with Gasteiger partial charge >= 0.3 is 0 Å². The molecule has 1 saturated heterocycles. The molecule has 0 bridgehead atoms. The lowest BCUT2D eigenvalue weighted by Gasteiger charge is -2.35. The topological polar surface area (TPSA) is 23.5 Å². The van der Waals surface area contributed by atoms with Crippen molar-refractivity contribution in [2.24, 2.45) is 0 Å². The second-order valence-electron chi connectivity index (χ2n) is 4.48. The van der Waals surface area contributed by atoms with Crippen LogP contribution < -0.4 is 0 Å². The van der Waals surface area contributed by atoms with E-state index in [1.54, 1.807) is 0 Å². The lowest BCUT2D eigenvalue weighted by atomic mass is 10.0. The third-order valence-electron chi connectivity index (χ3n) is 3.19. The van der Waals surface area contributed by atoms with E-state index >= 15 is 0 Å². The molecule has 2 rings (SSSR count). The smallest absolute Gasteiger partial charge is 0.0953 e. The summed E-state index contributed by atoms with van der Waals surface area (Å²) in [5, 5.41) is 10.4. The Morgan fingerprint density at radius 1 is 1.50 bits per heavy atom. The third-order valence-corrected chi connectivity index (χ3v) is 4.24. The standard InChI is InChI=1S/C13H19NOS/c1-10-4-3-5-11(8-10)13(15)12-9-16-7-6-14(12)2/h3-5,8,12-13,15H,6-7,9H2,1-2H3. The minimum Gasteiger partial charge on any atom is -0.387 e. The summed E-state index contributed by atoms with van der Waals surface area (Å²) >= 11 is 1.93. The second kappa shape index (κ2) is 5.21. The van der Waals surface area contributed by atoms with Crippen LogP contribution in [0.4, 0.5) is 0 Å². The Morgan fingerprint density at radius 2 is 2.31 bits per heavy atom. The SMILES string of the molecule is Cc1cccc(C(O)C2CSCCN2C)c1.